The largest absolute Gasteiger partial charge is 0.493 e. The Labute approximate surface area is 128 Å². The Kier molecular flexibility index (Phi) is 3.92. The molecule has 0 spiro atoms. The van der Waals surface area contributed by atoms with Gasteiger partial charge in [0.1, 0.15) is 5.82 Å². The van der Waals surface area contributed by atoms with E-state index in [0.717, 1.165) is 32.0 Å². The number of hydrogen-bond acceptors (Lipinski definition) is 7. The Bertz CT molecular complexity index is 715. The first kappa shape index (κ1) is 14.3. The van der Waals surface area contributed by atoms with Crippen LogP contribution in [0.1, 0.15) is 5.82 Å². The summed E-state index contributed by atoms with van der Waals surface area (Å²) >= 11 is 0. The summed E-state index contributed by atoms with van der Waals surface area (Å²) in [6.45, 7) is 7.30. The van der Waals surface area contributed by atoms with Gasteiger partial charge in [-0.1, -0.05) is 12.7 Å². The van der Waals surface area contributed by atoms with Crippen LogP contribution in [0.4, 0.5) is 11.8 Å². The number of nitrogens with one attached hydrogen (secondary N) is 1. The third kappa shape index (κ3) is 2.60. The Morgan fingerprint density at radius 1 is 1.41 bits per heavy atom. The molecule has 22 heavy (non-hydrogen) atoms. The minimum Gasteiger partial charge on any atom is -0.493 e. The molecule has 0 unspecified atom stereocenters. The van der Waals surface area contributed by atoms with Gasteiger partial charge in [0, 0.05) is 32.2 Å². The lowest BCUT2D eigenvalue weighted by Gasteiger charge is -2.28. The smallest absolute Gasteiger partial charge is 0.225 e. The molecule has 0 amide bonds. The minimum atomic E-state index is 0.304. The average Bonchev–Trinajstić information content (AvgIpc) is 2.98. The molecule has 0 aromatic carbocycles. The molecular formula is C14H19N7O. The number of allylic oxidation sites excluding steroid dienone is 2. The fourth-order valence-corrected chi connectivity index (χ4v) is 2.40. The molecule has 0 atom stereocenters. The Hall–Kier alpha value is -2.61. The van der Waals surface area contributed by atoms with E-state index in [-0.39, 0.29) is 0 Å². The van der Waals surface area contributed by atoms with E-state index in [1.807, 2.05) is 6.07 Å². The van der Waals surface area contributed by atoms with Gasteiger partial charge >= 0.3 is 0 Å². The van der Waals surface area contributed by atoms with Crippen molar-refractivity contribution in [1.29, 1.82) is 0 Å². The van der Waals surface area contributed by atoms with E-state index in [4.69, 9.17) is 10.5 Å². The highest BCUT2D eigenvalue weighted by atomic mass is 16.5. The average molecular weight is 301 g/mol. The molecule has 3 rings (SSSR count). The molecular weight excluding hydrogens is 282 g/mol. The molecule has 0 radical (unpaired) electrons. The molecule has 0 bridgehead atoms. The summed E-state index contributed by atoms with van der Waals surface area (Å²) in [7, 11) is 1.56. The third-order valence-electron chi connectivity index (χ3n) is 3.49. The Balaban J connectivity index is 2.02. The van der Waals surface area contributed by atoms with Gasteiger partial charge in [-0.2, -0.15) is 9.50 Å². The second kappa shape index (κ2) is 6.02. The molecule has 2 aromatic rings. The molecule has 1 aliphatic rings. The second-order valence-electron chi connectivity index (χ2n) is 4.89. The van der Waals surface area contributed by atoms with Crippen molar-refractivity contribution in [2.45, 2.75) is 0 Å². The van der Waals surface area contributed by atoms with Crippen LogP contribution in [-0.4, -0.2) is 52.9 Å². The maximum Gasteiger partial charge on any atom is 0.225 e. The predicted molar refractivity (Wildman–Crippen MR) is 85.5 cm³/mol. The number of nitrogens with two attached hydrogens (primary N) is 1. The molecule has 3 heterocycles. The SMILES string of the molecule is C=C/C=C(\OC)c1nc2cc(N3CCNCC3)nc(N)n2n1. The van der Waals surface area contributed by atoms with Gasteiger partial charge in [-0.15, -0.1) is 5.10 Å². The zero-order valence-electron chi connectivity index (χ0n) is 12.5. The van der Waals surface area contributed by atoms with Gasteiger partial charge in [-0.3, -0.25) is 0 Å². The van der Waals surface area contributed by atoms with Crippen molar-refractivity contribution < 1.29 is 4.74 Å². The normalized spacial score (nSPS) is 16.0. The Morgan fingerprint density at radius 3 is 2.86 bits per heavy atom. The van der Waals surface area contributed by atoms with Crippen molar-refractivity contribution in [3.05, 3.63) is 30.6 Å². The number of ether oxygens (including phenoxy) is 1. The monoisotopic (exact) mass is 301 g/mol. The van der Waals surface area contributed by atoms with Gasteiger partial charge in [-0.25, -0.2) is 4.98 Å². The summed E-state index contributed by atoms with van der Waals surface area (Å²) in [4.78, 5) is 11.1. The summed E-state index contributed by atoms with van der Waals surface area (Å²) in [5, 5.41) is 7.64. The number of rotatable bonds is 4. The molecule has 1 saturated heterocycles. The van der Waals surface area contributed by atoms with E-state index in [2.05, 4.69) is 31.9 Å². The molecule has 116 valence electrons. The molecule has 3 N–H and O–H groups in total. The highest BCUT2D eigenvalue weighted by Crippen LogP contribution is 2.19. The van der Waals surface area contributed by atoms with Crippen molar-refractivity contribution in [2.24, 2.45) is 0 Å². The number of methoxy groups -OCH3 is 1. The number of nitrogens with zero attached hydrogens (tertiary/aromatic N) is 5. The van der Waals surface area contributed by atoms with Gasteiger partial charge in [-0.05, 0) is 6.08 Å². The molecule has 8 heteroatoms. The first-order valence-corrected chi connectivity index (χ1v) is 7.09. The van der Waals surface area contributed by atoms with Gasteiger partial charge < -0.3 is 20.7 Å². The van der Waals surface area contributed by atoms with Gasteiger partial charge in [0.2, 0.25) is 11.8 Å². The van der Waals surface area contributed by atoms with Gasteiger partial charge in [0.25, 0.3) is 0 Å². The highest BCUT2D eigenvalue weighted by Gasteiger charge is 2.17. The molecule has 2 aromatic heterocycles. The number of nitrogen functional groups attached to an aromatic ring is 1. The molecule has 1 fully saturated rings. The lowest BCUT2D eigenvalue weighted by molar-refractivity contribution is 0.366. The van der Waals surface area contributed by atoms with Crippen molar-refractivity contribution in [2.75, 3.05) is 43.9 Å². The molecule has 8 nitrogen and oxygen atoms in total. The number of piperazine rings is 1. The van der Waals surface area contributed by atoms with E-state index in [9.17, 15) is 0 Å². The van der Waals surface area contributed by atoms with E-state index < -0.39 is 0 Å². The van der Waals surface area contributed by atoms with Crippen molar-refractivity contribution in [3.8, 4) is 0 Å². The van der Waals surface area contributed by atoms with Crippen LogP contribution in [0, 0.1) is 0 Å². The summed E-state index contributed by atoms with van der Waals surface area (Å²) < 4.78 is 6.78. The van der Waals surface area contributed by atoms with Crippen molar-refractivity contribution in [3.63, 3.8) is 0 Å². The summed E-state index contributed by atoms with van der Waals surface area (Å²) in [6.07, 6.45) is 3.33. The fraction of sp³-hybridized carbons (Fsp3) is 0.357. The van der Waals surface area contributed by atoms with Gasteiger partial charge in [0.05, 0.1) is 7.11 Å². The first-order valence-electron chi connectivity index (χ1n) is 7.09. The highest BCUT2D eigenvalue weighted by molar-refractivity contribution is 5.61. The topological polar surface area (TPSA) is 93.6 Å². The zero-order valence-corrected chi connectivity index (χ0v) is 12.5. The predicted octanol–water partition coefficient (Wildman–Crippen LogP) is 0.289. The second-order valence-corrected chi connectivity index (χ2v) is 4.89. The van der Waals surface area contributed by atoms with E-state index in [0.29, 0.717) is 23.2 Å². The number of anilines is 2. The zero-order chi connectivity index (χ0) is 15.5. The maximum atomic E-state index is 6.02. The van der Waals surface area contributed by atoms with Crippen molar-refractivity contribution >= 4 is 23.2 Å². The summed E-state index contributed by atoms with van der Waals surface area (Å²) in [5.74, 6) is 2.10. The summed E-state index contributed by atoms with van der Waals surface area (Å²) in [5.41, 5.74) is 6.66. The number of hydrogen-bond donors (Lipinski definition) is 2. The van der Waals surface area contributed by atoms with Crippen LogP contribution in [0.2, 0.25) is 0 Å². The lowest BCUT2D eigenvalue weighted by Crippen LogP contribution is -2.44. The van der Waals surface area contributed by atoms with Crippen LogP contribution < -0.4 is 16.0 Å². The first-order chi connectivity index (χ1) is 10.7. The number of fused-ring (bicyclic) bond motifs is 1. The van der Waals surface area contributed by atoms with E-state index in [1.54, 1.807) is 19.3 Å². The molecule has 0 aliphatic carbocycles. The van der Waals surface area contributed by atoms with Crippen LogP contribution in [0.5, 0.6) is 0 Å². The standard InChI is InChI=1S/C14H19N7O/c1-3-4-10(22-2)13-17-12-9-11(18-14(15)21(12)19-13)20-7-5-16-6-8-20/h3-4,9,16H,1,5-8H2,2H3,(H2,15,18)/b10-4-. The summed E-state index contributed by atoms with van der Waals surface area (Å²) in [6, 6.07) is 1.89. The van der Waals surface area contributed by atoms with Crippen LogP contribution in [0.25, 0.3) is 11.4 Å². The fourth-order valence-electron chi connectivity index (χ4n) is 2.40. The van der Waals surface area contributed by atoms with Crippen LogP contribution in [0.15, 0.2) is 24.8 Å². The third-order valence-corrected chi connectivity index (χ3v) is 3.49. The number of aromatic nitrogens is 4. The quantitative estimate of drug-likeness (QED) is 0.619. The molecule has 0 saturated carbocycles. The Morgan fingerprint density at radius 2 is 2.18 bits per heavy atom. The van der Waals surface area contributed by atoms with Gasteiger partial charge in [0.15, 0.2) is 11.4 Å². The lowest BCUT2D eigenvalue weighted by atomic mass is 10.3. The minimum absolute atomic E-state index is 0.304. The van der Waals surface area contributed by atoms with Crippen LogP contribution in [0.3, 0.4) is 0 Å². The van der Waals surface area contributed by atoms with E-state index in [1.165, 1.54) is 4.52 Å². The van der Waals surface area contributed by atoms with E-state index >= 15 is 0 Å². The maximum absolute atomic E-state index is 6.02. The van der Waals surface area contributed by atoms with Crippen molar-refractivity contribution in [1.82, 2.24) is 24.9 Å². The van der Waals surface area contributed by atoms with Crippen LogP contribution in [-0.2, 0) is 4.74 Å². The van der Waals surface area contributed by atoms with Crippen LogP contribution >= 0.6 is 0 Å². The molecule has 1 aliphatic heterocycles.